The Balaban J connectivity index is 2.30. The van der Waals surface area contributed by atoms with E-state index in [1.165, 1.54) is 17.5 Å². The van der Waals surface area contributed by atoms with Crippen LogP contribution in [-0.4, -0.2) is 6.54 Å². The van der Waals surface area contributed by atoms with Gasteiger partial charge in [-0.2, -0.15) is 0 Å². The molecule has 2 heteroatoms. The van der Waals surface area contributed by atoms with Gasteiger partial charge in [0.2, 0.25) is 0 Å². The van der Waals surface area contributed by atoms with Gasteiger partial charge >= 0.3 is 0 Å². The van der Waals surface area contributed by atoms with Crippen molar-refractivity contribution in [3.8, 4) is 0 Å². The summed E-state index contributed by atoms with van der Waals surface area (Å²) < 4.78 is 0. The number of nitrogens with one attached hydrogen (secondary N) is 1. The van der Waals surface area contributed by atoms with Gasteiger partial charge in [0.15, 0.2) is 0 Å². The van der Waals surface area contributed by atoms with Crippen molar-refractivity contribution in [2.24, 2.45) is 5.92 Å². The minimum Gasteiger partial charge on any atom is -0.313 e. The SMILES string of the molecule is CC(C)CCNCc1cccc(CCl)c1. The first-order valence-electron chi connectivity index (χ1n) is 5.57. The lowest BCUT2D eigenvalue weighted by Crippen LogP contribution is -2.16. The van der Waals surface area contributed by atoms with E-state index in [1.54, 1.807) is 0 Å². The Morgan fingerprint density at radius 2 is 2.00 bits per heavy atom. The maximum absolute atomic E-state index is 5.78. The summed E-state index contributed by atoms with van der Waals surface area (Å²) in [5.74, 6) is 1.37. The zero-order valence-electron chi connectivity index (χ0n) is 9.59. The van der Waals surface area contributed by atoms with Crippen molar-refractivity contribution in [3.05, 3.63) is 35.4 Å². The summed E-state index contributed by atoms with van der Waals surface area (Å²) in [5.41, 5.74) is 2.51. The Labute approximate surface area is 97.8 Å². The van der Waals surface area contributed by atoms with Crippen molar-refractivity contribution >= 4 is 11.6 Å². The molecule has 1 aromatic rings. The van der Waals surface area contributed by atoms with Crippen LogP contribution in [0, 0.1) is 5.92 Å². The number of hydrogen-bond acceptors (Lipinski definition) is 1. The molecular weight excluding hydrogens is 206 g/mol. The first-order chi connectivity index (χ1) is 7.22. The molecule has 0 spiro atoms. The number of benzene rings is 1. The van der Waals surface area contributed by atoms with Crippen LogP contribution < -0.4 is 5.32 Å². The molecule has 0 radical (unpaired) electrons. The van der Waals surface area contributed by atoms with Crippen LogP contribution >= 0.6 is 11.6 Å². The Hall–Kier alpha value is -0.530. The summed E-state index contributed by atoms with van der Waals surface area (Å²) in [6.45, 7) is 6.52. The highest BCUT2D eigenvalue weighted by Crippen LogP contribution is 2.07. The third-order valence-corrected chi connectivity index (χ3v) is 2.68. The highest BCUT2D eigenvalue weighted by atomic mass is 35.5. The summed E-state index contributed by atoms with van der Waals surface area (Å²) in [6, 6.07) is 8.43. The predicted octanol–water partition coefficient (Wildman–Crippen LogP) is 3.56. The second-order valence-corrected chi connectivity index (χ2v) is 4.58. The van der Waals surface area contributed by atoms with Crippen molar-refractivity contribution in [3.63, 3.8) is 0 Å². The van der Waals surface area contributed by atoms with Gasteiger partial charge in [-0.1, -0.05) is 38.1 Å². The summed E-state index contributed by atoms with van der Waals surface area (Å²) in [4.78, 5) is 0. The Kier molecular flexibility index (Phi) is 5.74. The molecule has 1 N–H and O–H groups in total. The molecule has 84 valence electrons. The van der Waals surface area contributed by atoms with Gasteiger partial charge in [0.25, 0.3) is 0 Å². The zero-order valence-corrected chi connectivity index (χ0v) is 10.3. The molecule has 0 amide bonds. The fourth-order valence-corrected chi connectivity index (χ4v) is 1.61. The number of rotatable bonds is 6. The van der Waals surface area contributed by atoms with Crippen LogP contribution in [0.15, 0.2) is 24.3 Å². The molecule has 0 aromatic heterocycles. The van der Waals surface area contributed by atoms with Gasteiger partial charge in [0.1, 0.15) is 0 Å². The molecule has 1 nitrogen and oxygen atoms in total. The third kappa shape index (κ3) is 5.19. The van der Waals surface area contributed by atoms with Gasteiger partial charge in [-0.3, -0.25) is 0 Å². The van der Waals surface area contributed by atoms with Gasteiger partial charge in [-0.25, -0.2) is 0 Å². The smallest absolute Gasteiger partial charge is 0.0474 e. The molecule has 0 unspecified atom stereocenters. The van der Waals surface area contributed by atoms with E-state index < -0.39 is 0 Å². The Morgan fingerprint density at radius 3 is 2.67 bits per heavy atom. The van der Waals surface area contributed by atoms with Crippen LogP contribution in [0.5, 0.6) is 0 Å². The second kappa shape index (κ2) is 6.86. The molecule has 15 heavy (non-hydrogen) atoms. The molecular formula is C13H20ClN. The van der Waals surface area contributed by atoms with E-state index in [-0.39, 0.29) is 0 Å². The van der Waals surface area contributed by atoms with Crippen molar-refractivity contribution in [1.82, 2.24) is 5.32 Å². The Bertz CT molecular complexity index is 284. The number of halogens is 1. The first-order valence-corrected chi connectivity index (χ1v) is 6.10. The maximum Gasteiger partial charge on any atom is 0.0474 e. The molecule has 0 aliphatic rings. The van der Waals surface area contributed by atoms with Crippen molar-refractivity contribution < 1.29 is 0 Å². The highest BCUT2D eigenvalue weighted by Gasteiger charge is 1.96. The van der Waals surface area contributed by atoms with Crippen molar-refractivity contribution in [2.75, 3.05) is 6.54 Å². The van der Waals surface area contributed by atoms with E-state index in [4.69, 9.17) is 11.6 Å². The van der Waals surface area contributed by atoms with E-state index in [0.717, 1.165) is 19.0 Å². The van der Waals surface area contributed by atoms with E-state index in [0.29, 0.717) is 5.88 Å². The standard InChI is InChI=1S/C13H20ClN/c1-11(2)6-7-15-10-13-5-3-4-12(8-13)9-14/h3-5,8,11,15H,6-7,9-10H2,1-2H3. The molecule has 0 heterocycles. The topological polar surface area (TPSA) is 12.0 Å². The van der Waals surface area contributed by atoms with Crippen molar-refractivity contribution in [2.45, 2.75) is 32.7 Å². The zero-order chi connectivity index (χ0) is 11.1. The predicted molar refractivity (Wildman–Crippen MR) is 67.2 cm³/mol. The van der Waals surface area contributed by atoms with E-state index >= 15 is 0 Å². The molecule has 0 bridgehead atoms. The van der Waals surface area contributed by atoms with Crippen LogP contribution in [0.2, 0.25) is 0 Å². The molecule has 0 saturated heterocycles. The van der Waals surface area contributed by atoms with Gasteiger partial charge in [0, 0.05) is 12.4 Å². The van der Waals surface area contributed by atoms with Crippen LogP contribution in [0.1, 0.15) is 31.4 Å². The normalized spacial score (nSPS) is 10.9. The average molecular weight is 226 g/mol. The second-order valence-electron chi connectivity index (χ2n) is 4.31. The Morgan fingerprint density at radius 1 is 1.27 bits per heavy atom. The highest BCUT2D eigenvalue weighted by molar-refractivity contribution is 6.17. The molecule has 0 fully saturated rings. The van der Waals surface area contributed by atoms with Crippen LogP contribution in [-0.2, 0) is 12.4 Å². The summed E-state index contributed by atoms with van der Waals surface area (Å²) in [6.07, 6.45) is 1.23. The van der Waals surface area contributed by atoms with Crippen LogP contribution in [0.4, 0.5) is 0 Å². The first kappa shape index (κ1) is 12.5. The lowest BCUT2D eigenvalue weighted by atomic mass is 10.1. The molecule has 1 rings (SSSR count). The fourth-order valence-electron chi connectivity index (χ4n) is 1.45. The quantitative estimate of drug-likeness (QED) is 0.577. The lowest BCUT2D eigenvalue weighted by molar-refractivity contribution is 0.537. The van der Waals surface area contributed by atoms with Crippen LogP contribution in [0.25, 0.3) is 0 Å². The van der Waals surface area contributed by atoms with E-state index in [2.05, 4.69) is 43.4 Å². The monoisotopic (exact) mass is 225 g/mol. The molecule has 1 aromatic carbocycles. The molecule has 0 atom stereocenters. The summed E-state index contributed by atoms with van der Waals surface area (Å²) >= 11 is 5.78. The molecule has 0 aliphatic carbocycles. The maximum atomic E-state index is 5.78. The van der Waals surface area contributed by atoms with Gasteiger partial charge in [-0.05, 0) is 30.0 Å². The van der Waals surface area contributed by atoms with E-state index in [9.17, 15) is 0 Å². The summed E-state index contributed by atoms with van der Waals surface area (Å²) in [7, 11) is 0. The van der Waals surface area contributed by atoms with Gasteiger partial charge in [0.05, 0.1) is 0 Å². The molecule has 0 saturated carbocycles. The molecule has 0 aliphatic heterocycles. The number of alkyl halides is 1. The van der Waals surface area contributed by atoms with E-state index in [1.807, 2.05) is 0 Å². The van der Waals surface area contributed by atoms with Gasteiger partial charge < -0.3 is 5.32 Å². The van der Waals surface area contributed by atoms with Crippen molar-refractivity contribution in [1.29, 1.82) is 0 Å². The van der Waals surface area contributed by atoms with Crippen LogP contribution in [0.3, 0.4) is 0 Å². The van der Waals surface area contributed by atoms with Gasteiger partial charge in [-0.15, -0.1) is 11.6 Å². The lowest BCUT2D eigenvalue weighted by Gasteiger charge is -2.07. The largest absolute Gasteiger partial charge is 0.313 e. The number of hydrogen-bond donors (Lipinski definition) is 1. The minimum atomic E-state index is 0.597. The third-order valence-electron chi connectivity index (χ3n) is 2.37. The average Bonchev–Trinajstić information content (AvgIpc) is 2.24. The fraction of sp³-hybridized carbons (Fsp3) is 0.538. The summed E-state index contributed by atoms with van der Waals surface area (Å²) in [5, 5.41) is 3.44. The minimum absolute atomic E-state index is 0.597.